The second-order valence-electron chi connectivity index (χ2n) is 6.80. The zero-order chi connectivity index (χ0) is 20.8. The first-order chi connectivity index (χ1) is 14.7. The van der Waals surface area contributed by atoms with Crippen molar-refractivity contribution in [2.75, 3.05) is 0 Å². The predicted octanol–water partition coefficient (Wildman–Crippen LogP) is 5.90. The molecule has 0 unspecified atom stereocenters. The second-order valence-corrected chi connectivity index (χ2v) is 6.80. The number of aromatic hydroxyl groups is 2. The fourth-order valence-corrected chi connectivity index (χ4v) is 2.94. The Kier molecular flexibility index (Phi) is 5.67. The molecule has 146 valence electrons. The summed E-state index contributed by atoms with van der Waals surface area (Å²) in [4.78, 5) is 8.93. The topological polar surface area (TPSA) is 66.2 Å². The third kappa shape index (κ3) is 5.00. The Morgan fingerprint density at radius 2 is 0.833 bits per heavy atom. The Labute approximate surface area is 175 Å². The molecule has 0 fully saturated rings. The van der Waals surface area contributed by atoms with Crippen molar-refractivity contribution in [3.05, 3.63) is 107 Å². The van der Waals surface area contributed by atoms with E-state index in [0.29, 0.717) is 0 Å². The van der Waals surface area contributed by atoms with E-state index < -0.39 is 0 Å². The van der Waals surface area contributed by atoms with Crippen LogP contribution in [0.2, 0.25) is 0 Å². The minimum atomic E-state index is 0.253. The van der Waals surface area contributed by atoms with Gasteiger partial charge in [-0.15, -0.1) is 0 Å². The summed E-state index contributed by atoms with van der Waals surface area (Å²) in [7, 11) is 0. The molecule has 0 aliphatic carbocycles. The smallest absolute Gasteiger partial charge is 0.115 e. The lowest BCUT2D eigenvalue weighted by molar-refractivity contribution is 0.474. The van der Waals surface area contributed by atoms with Crippen LogP contribution in [0.4, 0.5) is 0 Å². The molecule has 4 aromatic rings. The maximum absolute atomic E-state index is 9.39. The molecular weight excluding hydrogens is 372 g/mol. The third-order valence-electron chi connectivity index (χ3n) is 4.55. The van der Waals surface area contributed by atoms with Gasteiger partial charge in [0.15, 0.2) is 0 Å². The molecule has 0 atom stereocenters. The van der Waals surface area contributed by atoms with E-state index in [1.54, 1.807) is 36.7 Å². The quantitative estimate of drug-likeness (QED) is 0.444. The van der Waals surface area contributed by atoms with Crippen LogP contribution >= 0.6 is 0 Å². The molecular formula is C26H20N2O2. The molecule has 0 saturated carbocycles. The van der Waals surface area contributed by atoms with Crippen molar-refractivity contribution >= 4 is 24.3 Å². The molecule has 4 nitrogen and oxygen atoms in total. The van der Waals surface area contributed by atoms with Gasteiger partial charge in [-0.25, -0.2) is 0 Å². The van der Waals surface area contributed by atoms with Crippen LogP contribution in [0.5, 0.6) is 11.5 Å². The van der Waals surface area contributed by atoms with Crippen LogP contribution in [0.3, 0.4) is 0 Å². The van der Waals surface area contributed by atoms with Crippen LogP contribution in [0.15, 0.2) is 85.2 Å². The first-order valence-electron chi connectivity index (χ1n) is 9.52. The molecule has 4 heteroatoms. The molecule has 0 amide bonds. The fraction of sp³-hybridized carbons (Fsp3) is 0. The molecule has 0 saturated heterocycles. The van der Waals surface area contributed by atoms with Gasteiger partial charge in [-0.1, -0.05) is 48.6 Å². The van der Waals surface area contributed by atoms with Crippen LogP contribution in [0.25, 0.3) is 35.7 Å². The number of aromatic nitrogens is 2. The van der Waals surface area contributed by atoms with Crippen molar-refractivity contribution < 1.29 is 10.2 Å². The summed E-state index contributed by atoms with van der Waals surface area (Å²) in [6, 6.07) is 22.0. The Hall–Kier alpha value is -4.18. The van der Waals surface area contributed by atoms with Gasteiger partial charge in [0.2, 0.25) is 0 Å². The number of nitrogens with zero attached hydrogens (tertiary/aromatic N) is 2. The van der Waals surface area contributed by atoms with E-state index in [2.05, 4.69) is 9.97 Å². The Bertz CT molecular complexity index is 1100. The SMILES string of the molecule is Oc1ccc(C=Cc2ccnc(-c3cc(C=Cc4ccc(O)cc4)ccn3)c2)cc1. The lowest BCUT2D eigenvalue weighted by Gasteiger charge is -2.03. The minimum Gasteiger partial charge on any atom is -0.508 e. The van der Waals surface area contributed by atoms with E-state index in [0.717, 1.165) is 33.6 Å². The van der Waals surface area contributed by atoms with Crippen molar-refractivity contribution in [3.8, 4) is 22.9 Å². The average molecular weight is 392 g/mol. The van der Waals surface area contributed by atoms with Crippen LogP contribution in [-0.4, -0.2) is 20.2 Å². The highest BCUT2D eigenvalue weighted by Crippen LogP contribution is 2.20. The highest BCUT2D eigenvalue weighted by atomic mass is 16.3. The fourth-order valence-electron chi connectivity index (χ4n) is 2.94. The molecule has 4 rings (SSSR count). The molecule has 0 aliphatic rings. The van der Waals surface area contributed by atoms with Crippen molar-refractivity contribution in [1.82, 2.24) is 9.97 Å². The number of hydrogen-bond donors (Lipinski definition) is 2. The van der Waals surface area contributed by atoms with E-state index in [9.17, 15) is 10.2 Å². The van der Waals surface area contributed by atoms with Crippen molar-refractivity contribution in [1.29, 1.82) is 0 Å². The van der Waals surface area contributed by atoms with E-state index in [4.69, 9.17) is 0 Å². The summed E-state index contributed by atoms with van der Waals surface area (Å²) in [6.07, 6.45) is 11.5. The Morgan fingerprint density at radius 1 is 0.467 bits per heavy atom. The molecule has 0 bridgehead atoms. The van der Waals surface area contributed by atoms with Crippen molar-refractivity contribution in [2.45, 2.75) is 0 Å². The summed E-state index contributed by atoms with van der Waals surface area (Å²) in [5.74, 6) is 0.507. The molecule has 2 heterocycles. The zero-order valence-electron chi connectivity index (χ0n) is 16.2. The van der Waals surface area contributed by atoms with E-state index in [1.807, 2.05) is 72.8 Å². The molecule has 30 heavy (non-hydrogen) atoms. The standard InChI is InChI=1S/C26H20N2O2/c29-23-9-5-19(6-10-23)1-3-21-13-15-27-25(17-21)26-18-22(14-16-28-26)4-2-20-7-11-24(30)12-8-20/h1-18,29-30H. The Balaban J connectivity index is 1.54. The van der Waals surface area contributed by atoms with Crippen molar-refractivity contribution in [3.63, 3.8) is 0 Å². The van der Waals surface area contributed by atoms with Gasteiger partial charge in [0.1, 0.15) is 11.5 Å². The van der Waals surface area contributed by atoms with E-state index in [1.165, 1.54) is 0 Å². The first kappa shape index (κ1) is 19.2. The maximum atomic E-state index is 9.39. The number of phenolic OH excluding ortho intramolecular Hbond substituents is 2. The molecule has 2 N–H and O–H groups in total. The highest BCUT2D eigenvalue weighted by molar-refractivity contribution is 5.74. The number of phenols is 2. The van der Waals surface area contributed by atoms with Gasteiger partial charge in [-0.2, -0.15) is 0 Å². The van der Waals surface area contributed by atoms with Gasteiger partial charge in [0.05, 0.1) is 11.4 Å². The number of pyridine rings is 2. The second kappa shape index (κ2) is 8.88. The van der Waals surface area contributed by atoms with E-state index in [-0.39, 0.29) is 11.5 Å². The van der Waals surface area contributed by atoms with Gasteiger partial charge < -0.3 is 10.2 Å². The van der Waals surface area contributed by atoms with E-state index >= 15 is 0 Å². The summed E-state index contributed by atoms with van der Waals surface area (Å²) < 4.78 is 0. The summed E-state index contributed by atoms with van der Waals surface area (Å²) in [6.45, 7) is 0. The van der Waals surface area contributed by atoms with Crippen LogP contribution in [0, 0.1) is 0 Å². The van der Waals surface area contributed by atoms with Gasteiger partial charge >= 0.3 is 0 Å². The van der Waals surface area contributed by atoms with Gasteiger partial charge in [0.25, 0.3) is 0 Å². The molecule has 0 aliphatic heterocycles. The molecule has 0 spiro atoms. The monoisotopic (exact) mass is 392 g/mol. The maximum Gasteiger partial charge on any atom is 0.115 e. The summed E-state index contributed by atoms with van der Waals surface area (Å²) in [5, 5.41) is 18.8. The van der Waals surface area contributed by atoms with Crippen molar-refractivity contribution in [2.24, 2.45) is 0 Å². The largest absolute Gasteiger partial charge is 0.508 e. The van der Waals surface area contributed by atoms with Gasteiger partial charge in [0, 0.05) is 12.4 Å². The van der Waals surface area contributed by atoms with Gasteiger partial charge in [-0.05, 0) is 70.8 Å². The molecule has 2 aromatic carbocycles. The van der Waals surface area contributed by atoms with Crippen LogP contribution < -0.4 is 0 Å². The zero-order valence-corrected chi connectivity index (χ0v) is 16.2. The first-order valence-corrected chi connectivity index (χ1v) is 9.52. The lowest BCUT2D eigenvalue weighted by atomic mass is 10.1. The Morgan fingerprint density at radius 3 is 1.23 bits per heavy atom. The lowest BCUT2D eigenvalue weighted by Crippen LogP contribution is -1.88. The number of hydrogen-bond acceptors (Lipinski definition) is 4. The molecule has 2 aromatic heterocycles. The summed E-state index contributed by atoms with van der Waals surface area (Å²) >= 11 is 0. The third-order valence-corrected chi connectivity index (χ3v) is 4.55. The average Bonchev–Trinajstić information content (AvgIpc) is 2.79. The minimum absolute atomic E-state index is 0.253. The highest BCUT2D eigenvalue weighted by Gasteiger charge is 2.02. The number of rotatable bonds is 5. The van der Waals surface area contributed by atoms with Gasteiger partial charge in [-0.3, -0.25) is 9.97 Å². The van der Waals surface area contributed by atoms with Crippen LogP contribution in [-0.2, 0) is 0 Å². The number of benzene rings is 2. The normalized spacial score (nSPS) is 11.3. The summed E-state index contributed by atoms with van der Waals surface area (Å²) in [5.41, 5.74) is 5.63. The predicted molar refractivity (Wildman–Crippen MR) is 122 cm³/mol. The van der Waals surface area contributed by atoms with Crippen LogP contribution in [0.1, 0.15) is 22.3 Å². The molecule has 0 radical (unpaired) electrons.